The number of rotatable bonds is 7. The van der Waals surface area contributed by atoms with Crippen LogP contribution in [0.4, 0.5) is 11.4 Å². The molecule has 0 saturated heterocycles. The fourth-order valence-corrected chi connectivity index (χ4v) is 2.05. The van der Waals surface area contributed by atoms with Gasteiger partial charge in [0.2, 0.25) is 0 Å². The van der Waals surface area contributed by atoms with Crippen LogP contribution in [0.15, 0.2) is 18.2 Å². The van der Waals surface area contributed by atoms with Crippen molar-refractivity contribution < 1.29 is 4.79 Å². The van der Waals surface area contributed by atoms with Crippen molar-refractivity contribution in [1.29, 1.82) is 0 Å². The van der Waals surface area contributed by atoms with Gasteiger partial charge in [-0.1, -0.05) is 26.7 Å². The summed E-state index contributed by atoms with van der Waals surface area (Å²) in [6.07, 6.45) is 3.54. The molecule has 1 rings (SSSR count). The molecule has 1 unspecified atom stereocenters. The molecule has 1 aromatic carbocycles. The zero-order chi connectivity index (χ0) is 14.4. The van der Waals surface area contributed by atoms with Crippen LogP contribution in [0.5, 0.6) is 0 Å². The Morgan fingerprint density at radius 1 is 1.26 bits per heavy atom. The van der Waals surface area contributed by atoms with Gasteiger partial charge in [0, 0.05) is 17.4 Å². The summed E-state index contributed by atoms with van der Waals surface area (Å²) in [7, 11) is 0. The lowest BCUT2D eigenvalue weighted by Gasteiger charge is -2.16. The highest BCUT2D eigenvalue weighted by atomic mass is 16.1. The Balaban J connectivity index is 2.57. The third-order valence-electron chi connectivity index (χ3n) is 3.15. The molecule has 1 amide bonds. The van der Waals surface area contributed by atoms with Crippen LogP contribution < -0.4 is 16.8 Å². The number of nitrogens with two attached hydrogens (primary N) is 2. The van der Waals surface area contributed by atoms with E-state index in [4.69, 9.17) is 11.5 Å². The average molecular weight is 263 g/mol. The summed E-state index contributed by atoms with van der Waals surface area (Å²) in [5.41, 5.74) is 12.7. The minimum absolute atomic E-state index is 0.364. The van der Waals surface area contributed by atoms with Crippen molar-refractivity contribution in [2.24, 2.45) is 11.7 Å². The van der Waals surface area contributed by atoms with Gasteiger partial charge in [0.15, 0.2) is 0 Å². The maximum atomic E-state index is 11.2. The van der Waals surface area contributed by atoms with Crippen molar-refractivity contribution >= 4 is 17.3 Å². The van der Waals surface area contributed by atoms with E-state index >= 15 is 0 Å². The normalized spacial score (nSPS) is 12.4. The van der Waals surface area contributed by atoms with Crippen LogP contribution in [0.25, 0.3) is 0 Å². The number of amides is 1. The van der Waals surface area contributed by atoms with Crippen molar-refractivity contribution in [3.05, 3.63) is 23.8 Å². The monoisotopic (exact) mass is 263 g/mol. The molecule has 0 aromatic heterocycles. The molecule has 0 fully saturated rings. The SMILES string of the molecule is CC(C)CCCC(C)Nc1ccc(N)c(C(N)=O)c1. The summed E-state index contributed by atoms with van der Waals surface area (Å²) in [5.74, 6) is 0.249. The predicted octanol–water partition coefficient (Wildman–Crippen LogP) is 2.99. The Kier molecular flexibility index (Phi) is 5.67. The Labute approximate surface area is 115 Å². The lowest BCUT2D eigenvalue weighted by atomic mass is 10.0. The first-order valence-electron chi connectivity index (χ1n) is 6.86. The molecule has 0 aliphatic carbocycles. The number of anilines is 2. The van der Waals surface area contributed by atoms with Crippen molar-refractivity contribution in [2.45, 2.75) is 46.1 Å². The molecule has 4 heteroatoms. The van der Waals surface area contributed by atoms with Gasteiger partial charge in [-0.05, 0) is 37.5 Å². The van der Waals surface area contributed by atoms with E-state index in [1.54, 1.807) is 12.1 Å². The van der Waals surface area contributed by atoms with E-state index in [0.29, 0.717) is 17.3 Å². The van der Waals surface area contributed by atoms with Gasteiger partial charge >= 0.3 is 0 Å². The van der Waals surface area contributed by atoms with E-state index < -0.39 is 5.91 Å². The van der Waals surface area contributed by atoms with E-state index in [2.05, 4.69) is 26.1 Å². The molecule has 0 aliphatic heterocycles. The highest BCUT2D eigenvalue weighted by Gasteiger charge is 2.08. The van der Waals surface area contributed by atoms with Gasteiger partial charge in [-0.15, -0.1) is 0 Å². The fraction of sp³-hybridized carbons (Fsp3) is 0.533. The second-order valence-corrected chi connectivity index (χ2v) is 5.54. The highest BCUT2D eigenvalue weighted by molar-refractivity contribution is 5.98. The number of nitrogen functional groups attached to an aromatic ring is 1. The molecular weight excluding hydrogens is 238 g/mol. The molecular formula is C15H25N3O. The molecule has 0 spiro atoms. The zero-order valence-corrected chi connectivity index (χ0v) is 12.1. The van der Waals surface area contributed by atoms with Crippen LogP contribution in [-0.2, 0) is 0 Å². The number of primary amides is 1. The molecule has 19 heavy (non-hydrogen) atoms. The second kappa shape index (κ2) is 7.02. The summed E-state index contributed by atoms with van der Waals surface area (Å²) in [6, 6.07) is 5.67. The topological polar surface area (TPSA) is 81.1 Å². The van der Waals surface area contributed by atoms with E-state index in [1.807, 2.05) is 6.07 Å². The average Bonchev–Trinajstić information content (AvgIpc) is 2.30. The number of carbonyl (C=O) groups is 1. The first-order valence-corrected chi connectivity index (χ1v) is 6.86. The molecule has 0 heterocycles. The quantitative estimate of drug-likeness (QED) is 0.661. The first kappa shape index (κ1) is 15.3. The molecule has 106 valence electrons. The second-order valence-electron chi connectivity index (χ2n) is 5.54. The summed E-state index contributed by atoms with van der Waals surface area (Å²) >= 11 is 0. The lowest BCUT2D eigenvalue weighted by Crippen LogP contribution is -2.17. The fourth-order valence-electron chi connectivity index (χ4n) is 2.05. The maximum absolute atomic E-state index is 11.2. The van der Waals surface area contributed by atoms with Crippen LogP contribution in [0.2, 0.25) is 0 Å². The van der Waals surface area contributed by atoms with Gasteiger partial charge in [-0.2, -0.15) is 0 Å². The van der Waals surface area contributed by atoms with E-state index in [9.17, 15) is 4.79 Å². The zero-order valence-electron chi connectivity index (χ0n) is 12.1. The molecule has 0 aliphatic rings. The standard InChI is InChI=1S/C15H25N3O/c1-10(2)5-4-6-11(3)18-12-7-8-14(16)13(9-12)15(17)19/h7-11,18H,4-6,16H2,1-3H3,(H2,17,19). The number of benzene rings is 1. The molecule has 1 aromatic rings. The van der Waals surface area contributed by atoms with Gasteiger partial charge in [0.1, 0.15) is 0 Å². The van der Waals surface area contributed by atoms with Crippen molar-refractivity contribution in [3.63, 3.8) is 0 Å². The largest absolute Gasteiger partial charge is 0.398 e. The highest BCUT2D eigenvalue weighted by Crippen LogP contribution is 2.19. The van der Waals surface area contributed by atoms with Crippen LogP contribution in [0, 0.1) is 5.92 Å². The maximum Gasteiger partial charge on any atom is 0.250 e. The van der Waals surface area contributed by atoms with Crippen LogP contribution in [-0.4, -0.2) is 11.9 Å². The van der Waals surface area contributed by atoms with Gasteiger partial charge < -0.3 is 16.8 Å². The summed E-state index contributed by atoms with van der Waals surface area (Å²) in [5, 5.41) is 3.37. The smallest absolute Gasteiger partial charge is 0.250 e. The number of hydrogen-bond acceptors (Lipinski definition) is 3. The number of carbonyl (C=O) groups excluding carboxylic acids is 1. The molecule has 4 nitrogen and oxygen atoms in total. The lowest BCUT2D eigenvalue weighted by molar-refractivity contribution is 0.100. The van der Waals surface area contributed by atoms with Crippen molar-refractivity contribution in [1.82, 2.24) is 0 Å². The minimum Gasteiger partial charge on any atom is -0.398 e. The molecule has 0 saturated carbocycles. The van der Waals surface area contributed by atoms with Crippen molar-refractivity contribution in [3.8, 4) is 0 Å². The summed E-state index contributed by atoms with van der Waals surface area (Å²) in [6.45, 7) is 6.61. The summed E-state index contributed by atoms with van der Waals surface area (Å²) in [4.78, 5) is 11.2. The third kappa shape index (κ3) is 5.20. The van der Waals surface area contributed by atoms with Crippen LogP contribution >= 0.6 is 0 Å². The van der Waals surface area contributed by atoms with E-state index in [0.717, 1.165) is 18.0 Å². The third-order valence-corrected chi connectivity index (χ3v) is 3.15. The predicted molar refractivity (Wildman–Crippen MR) is 81.1 cm³/mol. The molecule has 0 bridgehead atoms. The van der Waals surface area contributed by atoms with Gasteiger partial charge in [0.25, 0.3) is 5.91 Å². The van der Waals surface area contributed by atoms with Crippen LogP contribution in [0.1, 0.15) is 50.4 Å². The first-order chi connectivity index (χ1) is 8.90. The Morgan fingerprint density at radius 3 is 2.53 bits per heavy atom. The van der Waals surface area contributed by atoms with E-state index in [1.165, 1.54) is 12.8 Å². The minimum atomic E-state index is -0.492. The van der Waals surface area contributed by atoms with Crippen molar-refractivity contribution in [2.75, 3.05) is 11.1 Å². The van der Waals surface area contributed by atoms with Crippen LogP contribution in [0.3, 0.4) is 0 Å². The Hall–Kier alpha value is -1.71. The summed E-state index contributed by atoms with van der Waals surface area (Å²) < 4.78 is 0. The Bertz CT molecular complexity index is 429. The molecule has 0 radical (unpaired) electrons. The molecule has 5 N–H and O–H groups in total. The number of nitrogens with one attached hydrogen (secondary N) is 1. The van der Waals surface area contributed by atoms with Gasteiger partial charge in [-0.3, -0.25) is 4.79 Å². The Morgan fingerprint density at radius 2 is 1.95 bits per heavy atom. The van der Waals surface area contributed by atoms with Gasteiger partial charge in [0.05, 0.1) is 5.56 Å². The number of hydrogen-bond donors (Lipinski definition) is 3. The van der Waals surface area contributed by atoms with E-state index in [-0.39, 0.29) is 0 Å². The molecule has 1 atom stereocenters. The van der Waals surface area contributed by atoms with Gasteiger partial charge in [-0.25, -0.2) is 0 Å².